The molecule has 1 fully saturated rings. The Morgan fingerprint density at radius 1 is 1.73 bits per heavy atom. The largest absolute Gasteiger partial charge is 0.477 e. The molecule has 0 spiro atoms. The lowest BCUT2D eigenvalue weighted by atomic mass is 10.00. The van der Waals surface area contributed by atoms with Crippen molar-refractivity contribution >= 4 is 23.6 Å². The highest BCUT2D eigenvalue weighted by molar-refractivity contribution is 8.03. The molecule has 1 amide bonds. The molecule has 4 nitrogen and oxygen atoms in total. The van der Waals surface area contributed by atoms with Crippen molar-refractivity contribution in [2.75, 3.05) is 6.67 Å². The molecule has 0 unspecified atom stereocenters. The van der Waals surface area contributed by atoms with Gasteiger partial charge in [0.15, 0.2) is 0 Å². The van der Waals surface area contributed by atoms with E-state index in [4.69, 9.17) is 5.11 Å². The third kappa shape index (κ3) is 1.28. The number of rotatable bonds is 2. The maximum atomic E-state index is 12.4. The minimum absolute atomic E-state index is 0.0228. The summed E-state index contributed by atoms with van der Waals surface area (Å²) < 4.78 is 12.4. The second kappa shape index (κ2) is 3.37. The van der Waals surface area contributed by atoms with Gasteiger partial charge in [-0.1, -0.05) is 0 Å². The third-order valence-electron chi connectivity index (χ3n) is 2.38. The highest BCUT2D eigenvalue weighted by Crippen LogP contribution is 2.45. The molecule has 15 heavy (non-hydrogen) atoms. The lowest BCUT2D eigenvalue weighted by molar-refractivity contribution is -0.141. The Balaban J connectivity index is 2.28. The van der Waals surface area contributed by atoms with Crippen LogP contribution in [0.2, 0.25) is 0 Å². The highest BCUT2D eigenvalue weighted by atomic mass is 32.2. The Hall–Kier alpha value is -1.30. The van der Waals surface area contributed by atoms with Gasteiger partial charge in [0, 0.05) is 5.41 Å². The van der Waals surface area contributed by atoms with Gasteiger partial charge in [0.25, 0.3) is 5.91 Å². The summed E-state index contributed by atoms with van der Waals surface area (Å²) in [6.45, 7) is 0.873. The summed E-state index contributed by atoms with van der Waals surface area (Å²) in [7, 11) is 0. The third-order valence-corrected chi connectivity index (χ3v) is 3.44. The van der Waals surface area contributed by atoms with E-state index in [1.165, 1.54) is 22.1 Å². The molecule has 1 atom stereocenters. The fourth-order valence-electron chi connectivity index (χ4n) is 1.57. The summed E-state index contributed by atoms with van der Waals surface area (Å²) >= 11 is 1.22. The molecule has 0 bridgehead atoms. The van der Waals surface area contributed by atoms with Gasteiger partial charge in [0.05, 0.1) is 5.57 Å². The number of hydrogen-bond donors (Lipinski definition) is 1. The van der Waals surface area contributed by atoms with Crippen molar-refractivity contribution in [3.8, 4) is 0 Å². The number of fused-ring (bicyclic) bond motifs is 1. The van der Waals surface area contributed by atoms with E-state index in [-0.39, 0.29) is 11.1 Å². The zero-order valence-electron chi connectivity index (χ0n) is 7.86. The van der Waals surface area contributed by atoms with Crippen molar-refractivity contribution in [2.45, 2.75) is 12.3 Å². The quantitative estimate of drug-likeness (QED) is 0.569. The van der Waals surface area contributed by atoms with Crippen LogP contribution in [-0.2, 0) is 9.59 Å². The first kappa shape index (κ1) is 10.2. The van der Waals surface area contributed by atoms with Crippen LogP contribution in [0.3, 0.4) is 0 Å². The summed E-state index contributed by atoms with van der Waals surface area (Å²) in [6.07, 6.45) is 0. The monoisotopic (exact) mass is 229 g/mol. The molecule has 6 heteroatoms. The van der Waals surface area contributed by atoms with E-state index in [9.17, 15) is 14.0 Å². The number of carboxylic acid groups (broad SMARTS) is 1. The molecule has 2 aliphatic heterocycles. The molecular formula is C9H8FNO3S. The van der Waals surface area contributed by atoms with Crippen LogP contribution in [0.15, 0.2) is 22.3 Å². The van der Waals surface area contributed by atoms with Crippen LogP contribution in [0.1, 0.15) is 6.92 Å². The SMILES string of the molecule is CC(CF)=C1C(=O)N2C(C(=O)O)=CS[C@H]12. The zero-order valence-corrected chi connectivity index (χ0v) is 8.68. The minimum Gasteiger partial charge on any atom is -0.477 e. The first-order chi connectivity index (χ1) is 7.07. The topological polar surface area (TPSA) is 57.6 Å². The fraction of sp³-hybridized carbons (Fsp3) is 0.333. The van der Waals surface area contributed by atoms with Crippen molar-refractivity contribution in [3.63, 3.8) is 0 Å². The second-order valence-electron chi connectivity index (χ2n) is 3.30. The van der Waals surface area contributed by atoms with Gasteiger partial charge < -0.3 is 5.11 Å². The zero-order chi connectivity index (χ0) is 11.2. The van der Waals surface area contributed by atoms with Crippen molar-refractivity contribution in [1.82, 2.24) is 4.90 Å². The number of carboxylic acids is 1. The van der Waals surface area contributed by atoms with E-state index in [1.54, 1.807) is 6.92 Å². The summed E-state index contributed by atoms with van der Waals surface area (Å²) in [4.78, 5) is 23.4. The molecule has 1 saturated heterocycles. The molecule has 0 aromatic carbocycles. The number of carbonyl (C=O) groups excluding carboxylic acids is 1. The van der Waals surface area contributed by atoms with Crippen LogP contribution < -0.4 is 0 Å². The highest BCUT2D eigenvalue weighted by Gasteiger charge is 2.50. The average molecular weight is 229 g/mol. The first-order valence-electron chi connectivity index (χ1n) is 4.26. The van der Waals surface area contributed by atoms with E-state index >= 15 is 0 Å². The van der Waals surface area contributed by atoms with E-state index in [2.05, 4.69) is 0 Å². The van der Waals surface area contributed by atoms with Crippen molar-refractivity contribution in [1.29, 1.82) is 0 Å². The first-order valence-corrected chi connectivity index (χ1v) is 5.20. The Morgan fingerprint density at radius 3 is 2.93 bits per heavy atom. The Morgan fingerprint density at radius 2 is 2.40 bits per heavy atom. The fourth-order valence-corrected chi connectivity index (χ4v) is 2.82. The number of β-lactam (4-membered cyclic amide) rings is 1. The summed E-state index contributed by atoms with van der Waals surface area (Å²) in [5.74, 6) is -1.52. The van der Waals surface area contributed by atoms with Gasteiger partial charge in [-0.3, -0.25) is 9.69 Å². The van der Waals surface area contributed by atoms with E-state index < -0.39 is 18.6 Å². The number of hydrogen-bond acceptors (Lipinski definition) is 3. The standard InChI is InChI=1S/C9H8FNO3S/c1-4(2-10)6-7(12)11-5(9(13)14)3-15-8(6)11/h3,8H,2H2,1H3,(H,13,14)/t8-/m1/s1. The summed E-state index contributed by atoms with van der Waals surface area (Å²) in [5.41, 5.74) is 0.759. The Kier molecular flexibility index (Phi) is 2.30. The molecule has 80 valence electrons. The molecular weight excluding hydrogens is 221 g/mol. The van der Waals surface area contributed by atoms with Crippen molar-refractivity contribution < 1.29 is 19.1 Å². The molecule has 2 rings (SSSR count). The Bertz CT molecular complexity index is 416. The summed E-state index contributed by atoms with van der Waals surface area (Å²) in [6, 6.07) is 0. The minimum atomic E-state index is -1.13. The van der Waals surface area contributed by atoms with E-state index in [0.717, 1.165) is 0 Å². The lowest BCUT2D eigenvalue weighted by Crippen LogP contribution is -2.51. The second-order valence-corrected chi connectivity index (χ2v) is 4.25. The number of thioether (sulfide) groups is 1. The maximum Gasteiger partial charge on any atom is 0.353 e. The van der Waals surface area contributed by atoms with Gasteiger partial charge in [-0.2, -0.15) is 0 Å². The lowest BCUT2D eigenvalue weighted by Gasteiger charge is -2.38. The molecule has 2 heterocycles. The van der Waals surface area contributed by atoms with Gasteiger partial charge >= 0.3 is 5.97 Å². The predicted molar refractivity (Wildman–Crippen MR) is 52.6 cm³/mol. The van der Waals surface area contributed by atoms with Crippen molar-refractivity contribution in [2.24, 2.45) is 0 Å². The predicted octanol–water partition coefficient (Wildman–Crippen LogP) is 1.11. The molecule has 0 radical (unpaired) electrons. The number of carbonyl (C=O) groups is 2. The van der Waals surface area contributed by atoms with Gasteiger partial charge in [0.1, 0.15) is 17.7 Å². The molecule has 0 aromatic rings. The number of alkyl halides is 1. The van der Waals surface area contributed by atoms with Gasteiger partial charge in [0.2, 0.25) is 0 Å². The van der Waals surface area contributed by atoms with Gasteiger partial charge in [-0.15, -0.1) is 11.8 Å². The van der Waals surface area contributed by atoms with Crippen LogP contribution in [0.25, 0.3) is 0 Å². The molecule has 1 N–H and O–H groups in total. The van der Waals surface area contributed by atoms with E-state index in [1.807, 2.05) is 0 Å². The van der Waals surface area contributed by atoms with Crippen molar-refractivity contribution in [3.05, 3.63) is 22.3 Å². The number of halogens is 1. The van der Waals surface area contributed by atoms with Crippen LogP contribution in [0.4, 0.5) is 4.39 Å². The maximum absolute atomic E-state index is 12.4. The number of nitrogens with zero attached hydrogens (tertiary/aromatic N) is 1. The van der Waals surface area contributed by atoms with Crippen LogP contribution in [0, 0.1) is 0 Å². The smallest absolute Gasteiger partial charge is 0.353 e. The number of aliphatic carboxylic acids is 1. The van der Waals surface area contributed by atoms with Crippen LogP contribution in [0.5, 0.6) is 0 Å². The number of allylic oxidation sites excluding steroid dienone is 1. The molecule has 0 aliphatic carbocycles. The Labute approximate surface area is 89.4 Å². The molecule has 2 aliphatic rings. The summed E-state index contributed by atoms with van der Waals surface area (Å²) in [5, 5.41) is 9.86. The molecule has 0 saturated carbocycles. The normalized spacial score (nSPS) is 27.1. The van der Waals surface area contributed by atoms with Crippen LogP contribution in [-0.4, -0.2) is 33.9 Å². The average Bonchev–Trinajstić information content (AvgIpc) is 2.57. The number of amides is 1. The van der Waals surface area contributed by atoms with E-state index in [0.29, 0.717) is 11.1 Å². The van der Waals surface area contributed by atoms with Gasteiger partial charge in [-0.25, -0.2) is 9.18 Å². The molecule has 0 aromatic heterocycles. The van der Waals surface area contributed by atoms with Crippen LogP contribution >= 0.6 is 11.8 Å². The van der Waals surface area contributed by atoms with Gasteiger partial charge in [-0.05, 0) is 12.5 Å².